The van der Waals surface area contributed by atoms with Crippen molar-refractivity contribution in [2.24, 2.45) is 5.10 Å². The summed E-state index contributed by atoms with van der Waals surface area (Å²) in [5.74, 6) is 0.552. The van der Waals surface area contributed by atoms with E-state index in [1.807, 2.05) is 45.9 Å². The first kappa shape index (κ1) is 27.7. The molecular weight excluding hydrogens is 490 g/mol. The summed E-state index contributed by atoms with van der Waals surface area (Å²) >= 11 is 0. The molecule has 196 valence electrons. The third-order valence-electron chi connectivity index (χ3n) is 5.88. The Morgan fingerprint density at radius 1 is 0.892 bits per heavy atom. The van der Waals surface area contributed by atoms with E-state index in [0.717, 1.165) is 26.6 Å². The van der Waals surface area contributed by atoms with Gasteiger partial charge in [-0.05, 0) is 69.2 Å². The molecule has 0 aliphatic carbocycles. The highest BCUT2D eigenvalue weighted by Gasteiger charge is 2.28. The number of nitrogens with zero attached hydrogens (tertiary/aromatic N) is 2. The van der Waals surface area contributed by atoms with Gasteiger partial charge in [-0.15, -0.1) is 0 Å². The van der Waals surface area contributed by atoms with Gasteiger partial charge in [0.2, 0.25) is 0 Å². The van der Waals surface area contributed by atoms with Gasteiger partial charge < -0.3 is 9.47 Å². The fourth-order valence-electron chi connectivity index (χ4n) is 3.88. The summed E-state index contributed by atoms with van der Waals surface area (Å²) in [6.45, 7) is 7.10. The van der Waals surface area contributed by atoms with E-state index >= 15 is 0 Å². The Balaban J connectivity index is 1.93. The zero-order chi connectivity index (χ0) is 27.2. The number of hydrazone groups is 1. The fraction of sp³-hybridized carbons (Fsp3) is 0.286. The van der Waals surface area contributed by atoms with Gasteiger partial charge in [-0.2, -0.15) is 5.10 Å². The summed E-state index contributed by atoms with van der Waals surface area (Å²) in [4.78, 5) is 13.1. The average molecular weight is 524 g/mol. The molecule has 0 unspecified atom stereocenters. The number of nitrogens with one attached hydrogen (secondary N) is 1. The third-order valence-corrected chi connectivity index (χ3v) is 7.66. The summed E-state index contributed by atoms with van der Waals surface area (Å²) in [5, 5.41) is 4.29. The molecule has 0 fully saturated rings. The van der Waals surface area contributed by atoms with Crippen LogP contribution in [0.2, 0.25) is 0 Å². The lowest BCUT2D eigenvalue weighted by Crippen LogP contribution is -2.40. The number of amides is 1. The van der Waals surface area contributed by atoms with Gasteiger partial charge in [-0.3, -0.25) is 9.10 Å². The maximum Gasteiger partial charge on any atom is 0.264 e. The lowest BCUT2D eigenvalue weighted by atomic mass is 10.1. The Bertz CT molecular complexity index is 1400. The van der Waals surface area contributed by atoms with E-state index in [9.17, 15) is 13.2 Å². The first-order chi connectivity index (χ1) is 17.6. The zero-order valence-corrected chi connectivity index (χ0v) is 22.8. The van der Waals surface area contributed by atoms with E-state index in [2.05, 4.69) is 10.5 Å². The normalized spacial score (nSPS) is 11.7. The molecule has 1 N–H and O–H groups in total. The van der Waals surface area contributed by atoms with Crippen molar-refractivity contribution >= 4 is 27.3 Å². The summed E-state index contributed by atoms with van der Waals surface area (Å²) in [5.41, 5.74) is 6.99. The molecule has 0 saturated carbocycles. The molecule has 3 aromatic rings. The van der Waals surface area contributed by atoms with E-state index in [1.54, 1.807) is 56.7 Å². The monoisotopic (exact) mass is 523 g/mol. The van der Waals surface area contributed by atoms with E-state index in [-0.39, 0.29) is 4.90 Å². The minimum atomic E-state index is -4.02. The van der Waals surface area contributed by atoms with Gasteiger partial charge in [0.15, 0.2) is 11.5 Å². The number of hydrogen-bond donors (Lipinski definition) is 1. The van der Waals surface area contributed by atoms with Crippen LogP contribution in [0, 0.1) is 20.8 Å². The summed E-state index contributed by atoms with van der Waals surface area (Å²) in [7, 11) is -0.922. The van der Waals surface area contributed by atoms with Gasteiger partial charge in [-0.25, -0.2) is 13.8 Å². The molecule has 37 heavy (non-hydrogen) atoms. The molecule has 0 spiro atoms. The van der Waals surface area contributed by atoms with Gasteiger partial charge in [-0.1, -0.05) is 42.3 Å². The molecule has 9 heteroatoms. The van der Waals surface area contributed by atoms with Crippen LogP contribution in [0.1, 0.15) is 35.6 Å². The molecule has 8 nitrogen and oxygen atoms in total. The van der Waals surface area contributed by atoms with Gasteiger partial charge >= 0.3 is 0 Å². The second-order valence-electron chi connectivity index (χ2n) is 8.63. The molecular formula is C28H33N3O5S. The number of benzene rings is 3. The van der Waals surface area contributed by atoms with Crippen LogP contribution in [0.4, 0.5) is 5.69 Å². The SMILES string of the molecule is CC/C(=N/NC(=O)CN(c1ccc(C)cc1C)S(=O)(=O)c1ccc(C)cc1)c1ccc(OC)c(OC)c1. The van der Waals surface area contributed by atoms with Crippen molar-refractivity contribution in [2.45, 2.75) is 39.0 Å². The zero-order valence-electron chi connectivity index (χ0n) is 22.0. The second-order valence-corrected chi connectivity index (χ2v) is 10.5. The van der Waals surface area contributed by atoms with Crippen LogP contribution in [0.3, 0.4) is 0 Å². The third kappa shape index (κ3) is 6.48. The topological polar surface area (TPSA) is 97.3 Å². The molecule has 0 atom stereocenters. The maximum atomic E-state index is 13.6. The van der Waals surface area contributed by atoms with E-state index in [4.69, 9.17) is 9.47 Å². The number of methoxy groups -OCH3 is 2. The van der Waals surface area contributed by atoms with Crippen LogP contribution in [0.15, 0.2) is 70.7 Å². The number of sulfonamides is 1. The largest absolute Gasteiger partial charge is 0.493 e. The molecule has 0 aliphatic heterocycles. The molecule has 0 saturated heterocycles. The number of carbonyl (C=O) groups is 1. The van der Waals surface area contributed by atoms with E-state index in [1.165, 1.54) is 0 Å². The van der Waals surface area contributed by atoms with Crippen LogP contribution in [0.5, 0.6) is 11.5 Å². The van der Waals surface area contributed by atoms with Crippen LogP contribution >= 0.6 is 0 Å². The van der Waals surface area contributed by atoms with Gasteiger partial charge in [0.05, 0.1) is 30.5 Å². The van der Waals surface area contributed by atoms with Crippen LogP contribution in [-0.2, 0) is 14.8 Å². The summed E-state index contributed by atoms with van der Waals surface area (Å²) in [6, 6.07) is 17.3. The standard InChI is InChI=1S/C28H33N3O5S/c1-7-24(22-11-15-26(35-5)27(17-22)36-6)29-30-28(32)18-31(25-14-10-20(3)16-21(25)4)37(33,34)23-12-8-19(2)9-13-23/h8-17H,7,18H2,1-6H3,(H,30,32)/b29-24-. The van der Waals surface area contributed by atoms with Gasteiger partial charge in [0.1, 0.15) is 6.54 Å². The Morgan fingerprint density at radius 2 is 1.54 bits per heavy atom. The molecule has 3 aromatic carbocycles. The summed E-state index contributed by atoms with van der Waals surface area (Å²) < 4.78 is 39.1. The minimum Gasteiger partial charge on any atom is -0.493 e. The first-order valence-electron chi connectivity index (χ1n) is 11.8. The van der Waals surface area contributed by atoms with E-state index < -0.39 is 22.5 Å². The number of rotatable bonds is 10. The predicted molar refractivity (Wildman–Crippen MR) is 146 cm³/mol. The minimum absolute atomic E-state index is 0.106. The molecule has 0 bridgehead atoms. The lowest BCUT2D eigenvalue weighted by molar-refractivity contribution is -0.119. The first-order valence-corrected chi connectivity index (χ1v) is 13.3. The molecule has 1 amide bonds. The van der Waals surface area contributed by atoms with Crippen LogP contribution in [-0.4, -0.2) is 40.8 Å². The average Bonchev–Trinajstić information content (AvgIpc) is 2.88. The summed E-state index contributed by atoms with van der Waals surface area (Å²) in [6.07, 6.45) is 0.526. The van der Waals surface area contributed by atoms with Crippen LogP contribution < -0.4 is 19.2 Å². The van der Waals surface area contributed by atoms with Gasteiger partial charge in [0.25, 0.3) is 15.9 Å². The Labute approximate surface area is 219 Å². The molecule has 0 heterocycles. The van der Waals surface area contributed by atoms with Crippen molar-refractivity contribution in [3.8, 4) is 11.5 Å². The van der Waals surface area contributed by atoms with Crippen molar-refractivity contribution in [1.29, 1.82) is 0 Å². The second kappa shape index (κ2) is 11.9. The van der Waals surface area contributed by atoms with Crippen molar-refractivity contribution in [3.05, 3.63) is 82.9 Å². The number of aryl methyl sites for hydroxylation is 3. The van der Waals surface area contributed by atoms with Crippen LogP contribution in [0.25, 0.3) is 0 Å². The number of ether oxygens (including phenoxy) is 2. The Morgan fingerprint density at radius 3 is 2.14 bits per heavy atom. The van der Waals surface area contributed by atoms with Crippen molar-refractivity contribution < 1.29 is 22.7 Å². The highest BCUT2D eigenvalue weighted by molar-refractivity contribution is 7.92. The molecule has 0 aliphatic rings. The van der Waals surface area contributed by atoms with Crippen molar-refractivity contribution in [2.75, 3.05) is 25.1 Å². The fourth-order valence-corrected chi connectivity index (χ4v) is 5.37. The maximum absolute atomic E-state index is 13.6. The quantitative estimate of drug-likeness (QED) is 0.305. The number of carbonyl (C=O) groups excluding carboxylic acids is 1. The van der Waals surface area contributed by atoms with Crippen molar-refractivity contribution in [1.82, 2.24) is 5.43 Å². The number of hydrogen-bond acceptors (Lipinski definition) is 6. The van der Waals surface area contributed by atoms with E-state index in [0.29, 0.717) is 29.3 Å². The highest BCUT2D eigenvalue weighted by atomic mass is 32.2. The molecule has 0 aromatic heterocycles. The van der Waals surface area contributed by atoms with Crippen molar-refractivity contribution in [3.63, 3.8) is 0 Å². The predicted octanol–water partition coefficient (Wildman–Crippen LogP) is 4.75. The smallest absolute Gasteiger partial charge is 0.264 e. The Kier molecular flexibility index (Phi) is 8.94. The van der Waals surface area contributed by atoms with Gasteiger partial charge in [0, 0.05) is 5.56 Å². The molecule has 3 rings (SSSR count). The molecule has 0 radical (unpaired) electrons. The highest BCUT2D eigenvalue weighted by Crippen LogP contribution is 2.29. The number of anilines is 1. The Hall–Kier alpha value is -3.85. The lowest BCUT2D eigenvalue weighted by Gasteiger charge is -2.25.